The first-order valence-electron chi connectivity index (χ1n) is 1.69. The van der Waals surface area contributed by atoms with Crippen molar-refractivity contribution in [2.45, 2.75) is 0 Å². The van der Waals surface area contributed by atoms with E-state index in [1.165, 1.54) is 3.59 Å². The SMILES string of the molecule is C=[C]([SnH])COC. The van der Waals surface area contributed by atoms with Crippen LogP contribution in [0.15, 0.2) is 10.2 Å². The molecular weight excluding hydrogens is 183 g/mol. The fraction of sp³-hybridized carbons (Fsp3) is 0.500. The Hall–Kier alpha value is 0.499. The van der Waals surface area contributed by atoms with Crippen LogP contribution in [0, 0.1) is 0 Å². The number of hydrogen-bond donors (Lipinski definition) is 0. The Labute approximate surface area is 51.5 Å². The van der Waals surface area contributed by atoms with Crippen LogP contribution in [0.4, 0.5) is 0 Å². The van der Waals surface area contributed by atoms with Crippen LogP contribution in [0.25, 0.3) is 0 Å². The van der Waals surface area contributed by atoms with Gasteiger partial charge in [0.15, 0.2) is 0 Å². The third kappa shape index (κ3) is 4.50. The maximum atomic E-state index is 4.74. The molecule has 0 heterocycles. The molecule has 0 unspecified atom stereocenters. The Morgan fingerprint density at radius 1 is 2.00 bits per heavy atom. The minimum absolute atomic E-state index is 0.738. The average molecular weight is 191 g/mol. The van der Waals surface area contributed by atoms with Crippen LogP contribution < -0.4 is 0 Å². The molecule has 1 nitrogen and oxygen atoms in total. The van der Waals surface area contributed by atoms with E-state index in [0.29, 0.717) is 0 Å². The van der Waals surface area contributed by atoms with Crippen molar-refractivity contribution in [2.24, 2.45) is 0 Å². The zero-order valence-corrected chi connectivity index (χ0v) is 7.20. The molecule has 0 spiro atoms. The van der Waals surface area contributed by atoms with Crippen molar-refractivity contribution in [3.8, 4) is 0 Å². The van der Waals surface area contributed by atoms with Crippen molar-refractivity contribution in [1.29, 1.82) is 0 Å². The first kappa shape index (κ1) is 6.50. The first-order valence-corrected chi connectivity index (χ1v) is 3.34. The van der Waals surface area contributed by atoms with Gasteiger partial charge in [0.1, 0.15) is 0 Å². The molecule has 6 heavy (non-hydrogen) atoms. The van der Waals surface area contributed by atoms with Gasteiger partial charge in [0.2, 0.25) is 0 Å². The van der Waals surface area contributed by atoms with Gasteiger partial charge in [-0.15, -0.1) is 0 Å². The zero-order valence-electron chi connectivity index (χ0n) is 3.90. The standard InChI is InChI=1S/C4H7O.Sn.H/c1-3-4-5-2;;/h1,4H2,2H3;;. The van der Waals surface area contributed by atoms with E-state index < -0.39 is 0 Å². The molecule has 0 saturated carbocycles. The second-order valence-electron chi connectivity index (χ2n) is 1.09. The van der Waals surface area contributed by atoms with E-state index in [0.717, 1.165) is 29.1 Å². The molecule has 0 bridgehead atoms. The molecule has 0 aliphatic rings. The zero-order chi connectivity index (χ0) is 4.99. The summed E-state index contributed by atoms with van der Waals surface area (Å²) in [7, 11) is 1.68. The van der Waals surface area contributed by atoms with Crippen LogP contribution in [0.3, 0.4) is 0 Å². The topological polar surface area (TPSA) is 9.23 Å². The summed E-state index contributed by atoms with van der Waals surface area (Å²) in [6.07, 6.45) is 0. The van der Waals surface area contributed by atoms with Gasteiger partial charge in [-0.1, -0.05) is 0 Å². The molecule has 34 valence electrons. The minimum atomic E-state index is 0.738. The summed E-state index contributed by atoms with van der Waals surface area (Å²) in [6.45, 7) is 4.42. The van der Waals surface area contributed by atoms with E-state index in [2.05, 4.69) is 6.58 Å². The summed E-state index contributed by atoms with van der Waals surface area (Å²) in [5, 5.41) is 0. The number of rotatable bonds is 2. The van der Waals surface area contributed by atoms with Crippen LogP contribution in [0.1, 0.15) is 0 Å². The molecule has 0 rings (SSSR count). The molecule has 0 atom stereocenters. The number of hydrogen-bond acceptors (Lipinski definition) is 1. The van der Waals surface area contributed by atoms with E-state index in [4.69, 9.17) is 4.74 Å². The summed E-state index contributed by atoms with van der Waals surface area (Å²) in [5.74, 6) is 0. The molecule has 0 amide bonds. The molecule has 0 aromatic heterocycles. The van der Waals surface area contributed by atoms with Gasteiger partial charge in [-0.3, -0.25) is 0 Å². The van der Waals surface area contributed by atoms with Crippen LogP contribution in [-0.4, -0.2) is 36.2 Å². The van der Waals surface area contributed by atoms with Crippen molar-refractivity contribution in [3.63, 3.8) is 0 Å². The van der Waals surface area contributed by atoms with Crippen molar-refractivity contribution >= 4 is 22.5 Å². The molecular formula is C4H8OSn. The third-order valence-corrected chi connectivity index (χ3v) is 0.805. The molecule has 2 radical (unpaired) electrons. The molecule has 0 aromatic rings. The Morgan fingerprint density at radius 3 is 2.50 bits per heavy atom. The van der Waals surface area contributed by atoms with Gasteiger partial charge < -0.3 is 0 Å². The Kier molecular flexibility index (Phi) is 3.99. The van der Waals surface area contributed by atoms with Gasteiger partial charge in [-0.2, -0.15) is 0 Å². The first-order chi connectivity index (χ1) is 2.77. The Bertz CT molecular complexity index is 51.5. The summed E-state index contributed by atoms with van der Waals surface area (Å²) in [4.78, 5) is 0. The second-order valence-corrected chi connectivity index (χ2v) is 3.42. The van der Waals surface area contributed by atoms with Gasteiger partial charge >= 0.3 is 51.1 Å². The van der Waals surface area contributed by atoms with Gasteiger partial charge in [0, 0.05) is 0 Å². The van der Waals surface area contributed by atoms with Crippen LogP contribution in [0.5, 0.6) is 0 Å². The van der Waals surface area contributed by atoms with E-state index >= 15 is 0 Å². The fourth-order valence-corrected chi connectivity index (χ4v) is 0.661. The van der Waals surface area contributed by atoms with Gasteiger partial charge in [0.05, 0.1) is 0 Å². The van der Waals surface area contributed by atoms with Gasteiger partial charge in [-0.05, 0) is 0 Å². The molecule has 0 N–H and O–H groups in total. The predicted molar refractivity (Wildman–Crippen MR) is 28.2 cm³/mol. The van der Waals surface area contributed by atoms with Gasteiger partial charge in [0.25, 0.3) is 0 Å². The van der Waals surface area contributed by atoms with E-state index in [1.54, 1.807) is 7.11 Å². The molecule has 0 aromatic carbocycles. The van der Waals surface area contributed by atoms with Gasteiger partial charge in [-0.25, -0.2) is 0 Å². The summed E-state index contributed by atoms with van der Waals surface area (Å²) >= 11 is 1.12. The van der Waals surface area contributed by atoms with Crippen molar-refractivity contribution in [1.82, 2.24) is 0 Å². The van der Waals surface area contributed by atoms with E-state index in [1.807, 2.05) is 0 Å². The average Bonchev–Trinajstić information content (AvgIpc) is 1.35. The molecule has 0 fully saturated rings. The molecule has 2 heteroatoms. The molecule has 0 saturated heterocycles. The van der Waals surface area contributed by atoms with Crippen molar-refractivity contribution < 1.29 is 4.74 Å². The summed E-state index contributed by atoms with van der Waals surface area (Å²) < 4.78 is 5.93. The Balaban J connectivity index is 2.83. The van der Waals surface area contributed by atoms with E-state index in [9.17, 15) is 0 Å². The summed E-state index contributed by atoms with van der Waals surface area (Å²) in [5.41, 5.74) is 0. The summed E-state index contributed by atoms with van der Waals surface area (Å²) in [6, 6.07) is 0. The predicted octanol–water partition coefficient (Wildman–Crippen LogP) is 0.0473. The normalized spacial score (nSPS) is 8.33. The fourth-order valence-electron chi connectivity index (χ4n) is 0.185. The number of ether oxygens (including phenoxy) is 1. The Morgan fingerprint density at radius 2 is 2.50 bits per heavy atom. The molecule has 0 aliphatic heterocycles. The van der Waals surface area contributed by atoms with Crippen molar-refractivity contribution in [2.75, 3.05) is 13.7 Å². The number of methoxy groups -OCH3 is 1. The third-order valence-electron chi connectivity index (χ3n) is 0.330. The van der Waals surface area contributed by atoms with Crippen LogP contribution in [-0.2, 0) is 4.74 Å². The monoisotopic (exact) mass is 192 g/mol. The van der Waals surface area contributed by atoms with Crippen molar-refractivity contribution in [3.05, 3.63) is 10.2 Å². The quantitative estimate of drug-likeness (QED) is 0.560. The second kappa shape index (κ2) is 3.68. The molecule has 0 aliphatic carbocycles. The van der Waals surface area contributed by atoms with E-state index in [-0.39, 0.29) is 0 Å². The van der Waals surface area contributed by atoms with Crippen LogP contribution in [0.2, 0.25) is 0 Å². The maximum absolute atomic E-state index is 4.74. The van der Waals surface area contributed by atoms with Crippen LogP contribution >= 0.6 is 0 Å².